The van der Waals surface area contributed by atoms with Crippen molar-refractivity contribution in [2.24, 2.45) is 5.92 Å². The summed E-state index contributed by atoms with van der Waals surface area (Å²) in [5, 5.41) is 9.29. The van der Waals surface area contributed by atoms with Crippen molar-refractivity contribution < 1.29 is 23.8 Å². The molecule has 4 atom stereocenters. The maximum Gasteiger partial charge on any atom is 0.257 e. The van der Waals surface area contributed by atoms with Crippen molar-refractivity contribution in [3.8, 4) is 11.8 Å². The number of nitrogens with zero attached hydrogens (tertiary/aromatic N) is 3. The topological polar surface area (TPSA) is 92.1 Å². The fourth-order valence-corrected chi connectivity index (χ4v) is 4.23. The first-order chi connectivity index (χ1) is 14.8. The summed E-state index contributed by atoms with van der Waals surface area (Å²) in [6.45, 7) is 2.91. The third-order valence-electron chi connectivity index (χ3n) is 6.08. The van der Waals surface area contributed by atoms with E-state index in [2.05, 4.69) is 6.07 Å². The van der Waals surface area contributed by atoms with Crippen molar-refractivity contribution in [1.29, 1.82) is 5.26 Å². The molecule has 2 aliphatic rings. The number of fused-ring (bicyclic) bond motifs is 3. The van der Waals surface area contributed by atoms with Crippen LogP contribution in [0.1, 0.15) is 42.1 Å². The van der Waals surface area contributed by atoms with Crippen LogP contribution in [0.4, 0.5) is 0 Å². The van der Waals surface area contributed by atoms with Gasteiger partial charge in [0.2, 0.25) is 5.91 Å². The van der Waals surface area contributed by atoms with E-state index < -0.39 is 0 Å². The molecule has 8 heteroatoms. The van der Waals surface area contributed by atoms with Crippen LogP contribution in [0.3, 0.4) is 0 Å². The van der Waals surface area contributed by atoms with Gasteiger partial charge in [-0.2, -0.15) is 5.26 Å². The lowest BCUT2D eigenvalue weighted by Gasteiger charge is -2.36. The predicted molar refractivity (Wildman–Crippen MR) is 114 cm³/mol. The smallest absolute Gasteiger partial charge is 0.257 e. The Morgan fingerprint density at radius 2 is 1.94 bits per heavy atom. The number of carbonyl (C=O) groups excluding carboxylic acids is 2. The number of hydrogen-bond donors (Lipinski definition) is 0. The molecule has 1 saturated heterocycles. The van der Waals surface area contributed by atoms with Gasteiger partial charge in [0.15, 0.2) is 0 Å². The van der Waals surface area contributed by atoms with Gasteiger partial charge >= 0.3 is 0 Å². The minimum absolute atomic E-state index is 0.0143. The number of hydrogen-bond acceptors (Lipinski definition) is 6. The molecule has 1 aromatic carbocycles. The zero-order chi connectivity index (χ0) is 22.5. The van der Waals surface area contributed by atoms with Crippen LogP contribution < -0.4 is 4.74 Å². The highest BCUT2D eigenvalue weighted by molar-refractivity contribution is 5.97. The Kier molecular flexibility index (Phi) is 7.52. The summed E-state index contributed by atoms with van der Waals surface area (Å²) >= 11 is 0. The number of amides is 2. The summed E-state index contributed by atoms with van der Waals surface area (Å²) in [6.07, 6.45) is 2.05. The molecule has 0 saturated carbocycles. The zero-order valence-electron chi connectivity index (χ0n) is 18.7. The van der Waals surface area contributed by atoms with Crippen LogP contribution >= 0.6 is 0 Å². The van der Waals surface area contributed by atoms with E-state index in [1.807, 2.05) is 6.92 Å². The van der Waals surface area contributed by atoms with Gasteiger partial charge in [-0.1, -0.05) is 6.92 Å². The first-order valence-corrected chi connectivity index (χ1v) is 10.7. The van der Waals surface area contributed by atoms with E-state index in [1.54, 1.807) is 38.2 Å². The molecule has 2 bridgehead atoms. The number of carbonyl (C=O) groups is 2. The van der Waals surface area contributed by atoms with Gasteiger partial charge in [-0.25, -0.2) is 0 Å². The summed E-state index contributed by atoms with van der Waals surface area (Å²) in [6, 6.07) is 6.86. The van der Waals surface area contributed by atoms with E-state index in [4.69, 9.17) is 14.2 Å². The first-order valence-electron chi connectivity index (χ1n) is 10.7. The first kappa shape index (κ1) is 23.0. The van der Waals surface area contributed by atoms with Gasteiger partial charge < -0.3 is 24.0 Å². The highest BCUT2D eigenvalue weighted by atomic mass is 16.6. The molecule has 0 aliphatic carbocycles. The third kappa shape index (κ3) is 5.35. The minimum atomic E-state index is -0.356. The van der Waals surface area contributed by atoms with Crippen LogP contribution in [-0.2, 0) is 14.3 Å². The molecule has 2 aliphatic heterocycles. The van der Waals surface area contributed by atoms with Gasteiger partial charge in [0, 0.05) is 34.3 Å². The molecule has 0 unspecified atom stereocenters. The van der Waals surface area contributed by atoms with Gasteiger partial charge in [0.25, 0.3) is 5.91 Å². The van der Waals surface area contributed by atoms with E-state index in [0.717, 1.165) is 19.3 Å². The molecule has 0 radical (unpaired) electrons. The van der Waals surface area contributed by atoms with Crippen molar-refractivity contribution >= 4 is 11.8 Å². The molecule has 168 valence electrons. The highest BCUT2D eigenvalue weighted by Gasteiger charge is 2.33. The van der Waals surface area contributed by atoms with E-state index in [1.165, 1.54) is 11.0 Å². The van der Waals surface area contributed by atoms with Crippen molar-refractivity contribution in [3.05, 3.63) is 29.3 Å². The minimum Gasteiger partial charge on any atom is -0.490 e. The number of methoxy groups -OCH3 is 1. The molecule has 31 heavy (non-hydrogen) atoms. The highest BCUT2D eigenvalue weighted by Crippen LogP contribution is 2.27. The van der Waals surface area contributed by atoms with Crippen LogP contribution in [0.15, 0.2) is 18.2 Å². The van der Waals surface area contributed by atoms with Crippen LogP contribution in [0.25, 0.3) is 0 Å². The summed E-state index contributed by atoms with van der Waals surface area (Å²) in [7, 11) is 5.10. The molecule has 8 nitrogen and oxygen atoms in total. The van der Waals surface area contributed by atoms with Gasteiger partial charge in [0.1, 0.15) is 18.5 Å². The zero-order valence-corrected chi connectivity index (χ0v) is 18.7. The van der Waals surface area contributed by atoms with Crippen LogP contribution in [0.2, 0.25) is 0 Å². The SMILES string of the molecule is CO[C@@H]1CC[C@H]2CCN(C)C(=O)[C@@H](C)CN(C)C(=O)c3cc(C#N)ccc3OC[C@H]1O2. The summed E-state index contributed by atoms with van der Waals surface area (Å²) in [5.74, 6) is -0.276. The number of rotatable bonds is 1. The summed E-state index contributed by atoms with van der Waals surface area (Å²) in [5.41, 5.74) is 0.667. The van der Waals surface area contributed by atoms with E-state index in [-0.39, 0.29) is 49.2 Å². The van der Waals surface area contributed by atoms with Gasteiger partial charge in [0.05, 0.1) is 35.3 Å². The Morgan fingerprint density at radius 1 is 1.16 bits per heavy atom. The molecule has 1 fully saturated rings. The largest absolute Gasteiger partial charge is 0.490 e. The Balaban J connectivity index is 1.94. The Bertz CT molecular complexity index is 852. The standard InChI is InChI=1S/C23H31N3O5/c1-15-13-26(3)23(28)18-11-16(12-24)5-7-19(18)30-14-21-20(29-4)8-6-17(31-21)9-10-25(2)22(15)27/h5,7,11,15,17,20-21H,6,8-10,13-14H2,1-4H3/t15-,17-,20+,21+/m0/s1. The summed E-state index contributed by atoms with van der Waals surface area (Å²) in [4.78, 5) is 29.2. The van der Waals surface area contributed by atoms with Crippen molar-refractivity contribution in [2.45, 2.75) is 44.5 Å². The van der Waals surface area contributed by atoms with Crippen molar-refractivity contribution in [1.82, 2.24) is 9.80 Å². The average molecular weight is 430 g/mol. The average Bonchev–Trinajstić information content (AvgIpc) is 2.79. The monoisotopic (exact) mass is 429 g/mol. The lowest BCUT2D eigenvalue weighted by atomic mass is 9.99. The van der Waals surface area contributed by atoms with Gasteiger partial charge in [-0.05, 0) is 37.5 Å². The van der Waals surface area contributed by atoms with E-state index in [0.29, 0.717) is 23.4 Å². The summed E-state index contributed by atoms with van der Waals surface area (Å²) < 4.78 is 17.9. The fraction of sp³-hybridized carbons (Fsp3) is 0.609. The molecule has 2 amide bonds. The van der Waals surface area contributed by atoms with E-state index >= 15 is 0 Å². The molecule has 0 spiro atoms. The molecule has 3 rings (SSSR count). The maximum absolute atomic E-state index is 13.2. The molecular formula is C23H31N3O5. The second kappa shape index (κ2) is 10.1. The van der Waals surface area contributed by atoms with E-state index in [9.17, 15) is 14.9 Å². The molecule has 1 aromatic rings. The maximum atomic E-state index is 13.2. The predicted octanol–water partition coefficient (Wildman–Crippen LogP) is 2.07. The second-order valence-corrected chi connectivity index (χ2v) is 8.42. The molecular weight excluding hydrogens is 398 g/mol. The number of ether oxygens (including phenoxy) is 3. The number of nitriles is 1. The van der Waals surface area contributed by atoms with Gasteiger partial charge in [-0.15, -0.1) is 0 Å². The normalized spacial score (nSPS) is 28.1. The van der Waals surface area contributed by atoms with Gasteiger partial charge in [-0.3, -0.25) is 9.59 Å². The Labute approximate surface area is 183 Å². The lowest BCUT2D eigenvalue weighted by molar-refractivity contribution is -0.146. The molecule has 0 aromatic heterocycles. The Morgan fingerprint density at radius 3 is 2.65 bits per heavy atom. The van der Waals surface area contributed by atoms with Crippen LogP contribution in [-0.4, -0.2) is 80.8 Å². The molecule has 2 heterocycles. The third-order valence-corrected chi connectivity index (χ3v) is 6.08. The quantitative estimate of drug-likeness (QED) is 0.679. The lowest BCUT2D eigenvalue weighted by Crippen LogP contribution is -2.44. The molecule has 0 N–H and O–H groups in total. The Hall–Kier alpha value is -2.63. The van der Waals surface area contributed by atoms with Crippen LogP contribution in [0, 0.1) is 17.2 Å². The van der Waals surface area contributed by atoms with Crippen molar-refractivity contribution in [2.75, 3.05) is 40.9 Å². The number of benzene rings is 1. The second-order valence-electron chi connectivity index (χ2n) is 8.42. The van der Waals surface area contributed by atoms with Crippen molar-refractivity contribution in [3.63, 3.8) is 0 Å². The van der Waals surface area contributed by atoms with Crippen LogP contribution in [0.5, 0.6) is 5.75 Å². The fourth-order valence-electron chi connectivity index (χ4n) is 4.23.